The molecule has 0 unspecified atom stereocenters. The predicted octanol–water partition coefficient (Wildman–Crippen LogP) is 4.88. The monoisotopic (exact) mass is 434 g/mol. The Morgan fingerprint density at radius 2 is 1.93 bits per heavy atom. The minimum atomic E-state index is -0.507. The van der Waals surface area contributed by atoms with Gasteiger partial charge in [-0.1, -0.05) is 42.1 Å². The third-order valence-electron chi connectivity index (χ3n) is 5.53. The van der Waals surface area contributed by atoms with Crippen molar-refractivity contribution in [2.75, 3.05) is 6.61 Å². The van der Waals surface area contributed by atoms with Crippen molar-refractivity contribution < 1.29 is 14.6 Å². The molecule has 2 aromatic rings. The van der Waals surface area contributed by atoms with Crippen LogP contribution in [-0.2, 0) is 0 Å². The van der Waals surface area contributed by atoms with Crippen LogP contribution >= 0.6 is 23.2 Å². The maximum absolute atomic E-state index is 12.8. The molecule has 2 fully saturated rings. The Labute approximate surface area is 180 Å². The van der Waals surface area contributed by atoms with Crippen molar-refractivity contribution in [1.82, 2.24) is 10.3 Å². The number of carbonyl (C=O) groups excluding carboxylic acids is 1. The normalized spacial score (nSPS) is 21.6. The fraction of sp³-hybridized carbons (Fsp3) is 0.455. The molecule has 0 spiro atoms. The molecular formula is C22H24Cl2N2O3. The zero-order chi connectivity index (χ0) is 20.4. The molecule has 0 saturated heterocycles. The highest BCUT2D eigenvalue weighted by Crippen LogP contribution is 2.37. The van der Waals surface area contributed by atoms with E-state index in [9.17, 15) is 9.90 Å². The van der Waals surface area contributed by atoms with Gasteiger partial charge in [0.05, 0.1) is 29.3 Å². The number of carbonyl (C=O) groups is 1. The van der Waals surface area contributed by atoms with E-state index < -0.39 is 6.10 Å². The van der Waals surface area contributed by atoms with E-state index >= 15 is 0 Å². The van der Waals surface area contributed by atoms with E-state index in [1.807, 2.05) is 0 Å². The Morgan fingerprint density at radius 1 is 1.14 bits per heavy atom. The molecule has 1 heterocycles. The summed E-state index contributed by atoms with van der Waals surface area (Å²) in [4.78, 5) is 17.2. The van der Waals surface area contributed by atoms with Gasteiger partial charge in [0, 0.05) is 22.3 Å². The number of aliphatic hydroxyl groups is 1. The first-order chi connectivity index (χ1) is 14.0. The highest BCUT2D eigenvalue weighted by molar-refractivity contribution is 6.36. The second kappa shape index (κ2) is 8.90. The van der Waals surface area contributed by atoms with Crippen molar-refractivity contribution in [3.05, 3.63) is 46.1 Å². The van der Waals surface area contributed by atoms with Crippen LogP contribution in [0.15, 0.2) is 30.5 Å². The summed E-state index contributed by atoms with van der Waals surface area (Å²) in [6, 6.07) is 6.73. The Hall–Kier alpha value is -1.82. The lowest BCUT2D eigenvalue weighted by molar-refractivity contribution is 0.0717. The van der Waals surface area contributed by atoms with E-state index in [4.69, 9.17) is 27.9 Å². The standard InChI is InChI=1S/C22H24Cl2N2O3/c23-15-7-8-16(18(24)10-15)17-9-14(11-25-22(17)29-12-13-5-6-13)21(28)26-19-3-1-2-4-20(19)27/h7-11,13,19-20,27H,1-6,12H2,(H,26,28)/t19-,20-/m1/s1. The third kappa shape index (κ3) is 5.03. The molecule has 1 aromatic heterocycles. The number of halogens is 2. The van der Waals surface area contributed by atoms with E-state index in [0.717, 1.165) is 19.3 Å². The summed E-state index contributed by atoms with van der Waals surface area (Å²) in [7, 11) is 0. The largest absolute Gasteiger partial charge is 0.477 e. The first-order valence-electron chi connectivity index (χ1n) is 10.1. The summed E-state index contributed by atoms with van der Waals surface area (Å²) < 4.78 is 5.93. The fourth-order valence-corrected chi connectivity index (χ4v) is 4.12. The van der Waals surface area contributed by atoms with Crippen LogP contribution in [0.5, 0.6) is 5.88 Å². The summed E-state index contributed by atoms with van der Waals surface area (Å²) in [5.41, 5.74) is 1.77. The Morgan fingerprint density at radius 3 is 2.66 bits per heavy atom. The van der Waals surface area contributed by atoms with Gasteiger partial charge in [0.2, 0.25) is 5.88 Å². The Balaban J connectivity index is 1.62. The van der Waals surface area contributed by atoms with E-state index in [0.29, 0.717) is 51.6 Å². The number of nitrogens with one attached hydrogen (secondary N) is 1. The molecular weight excluding hydrogens is 411 g/mol. The maximum atomic E-state index is 12.8. The first-order valence-corrected chi connectivity index (χ1v) is 10.8. The summed E-state index contributed by atoms with van der Waals surface area (Å²) in [6.07, 6.45) is 6.82. The van der Waals surface area contributed by atoms with Gasteiger partial charge in [0.25, 0.3) is 5.91 Å². The van der Waals surface area contributed by atoms with Crippen LogP contribution in [0.25, 0.3) is 11.1 Å². The number of rotatable bonds is 6. The van der Waals surface area contributed by atoms with Crippen molar-refractivity contribution in [3.8, 4) is 17.0 Å². The van der Waals surface area contributed by atoms with Gasteiger partial charge in [-0.2, -0.15) is 0 Å². The molecule has 0 aliphatic heterocycles. The predicted molar refractivity (Wildman–Crippen MR) is 114 cm³/mol. The number of amides is 1. The zero-order valence-corrected chi connectivity index (χ0v) is 17.5. The maximum Gasteiger partial charge on any atom is 0.253 e. The summed E-state index contributed by atoms with van der Waals surface area (Å²) in [5, 5.41) is 14.1. The molecule has 2 N–H and O–H groups in total. The van der Waals surface area contributed by atoms with Crippen LogP contribution < -0.4 is 10.1 Å². The second-order valence-electron chi connectivity index (χ2n) is 7.89. The number of hydrogen-bond acceptors (Lipinski definition) is 4. The van der Waals surface area contributed by atoms with Crippen LogP contribution in [0.4, 0.5) is 0 Å². The number of aliphatic hydroxyl groups excluding tert-OH is 1. The van der Waals surface area contributed by atoms with E-state index in [-0.39, 0.29) is 11.9 Å². The minimum absolute atomic E-state index is 0.232. The molecule has 0 bridgehead atoms. The van der Waals surface area contributed by atoms with Crippen molar-refractivity contribution in [2.24, 2.45) is 5.92 Å². The average molecular weight is 435 g/mol. The van der Waals surface area contributed by atoms with Gasteiger partial charge < -0.3 is 15.2 Å². The van der Waals surface area contributed by atoms with Gasteiger partial charge >= 0.3 is 0 Å². The summed E-state index contributed by atoms with van der Waals surface area (Å²) >= 11 is 12.5. The SMILES string of the molecule is O=C(N[C@@H]1CCCC[C@H]1O)c1cnc(OCC2CC2)c(-c2ccc(Cl)cc2Cl)c1. The van der Waals surface area contributed by atoms with Crippen LogP contribution in [0, 0.1) is 5.92 Å². The van der Waals surface area contributed by atoms with E-state index in [1.165, 1.54) is 19.0 Å². The third-order valence-corrected chi connectivity index (χ3v) is 6.08. The lowest BCUT2D eigenvalue weighted by Crippen LogP contribution is -2.45. The fourth-order valence-electron chi connectivity index (χ4n) is 3.60. The average Bonchev–Trinajstić information content (AvgIpc) is 3.53. The Bertz CT molecular complexity index is 902. The van der Waals surface area contributed by atoms with Gasteiger partial charge in [-0.3, -0.25) is 4.79 Å². The highest BCUT2D eigenvalue weighted by atomic mass is 35.5. The molecule has 4 rings (SSSR count). The molecule has 2 atom stereocenters. The topological polar surface area (TPSA) is 71.5 Å². The molecule has 1 amide bonds. The number of aromatic nitrogens is 1. The molecule has 154 valence electrons. The highest BCUT2D eigenvalue weighted by Gasteiger charge is 2.26. The number of ether oxygens (including phenoxy) is 1. The van der Waals surface area contributed by atoms with Crippen LogP contribution in [0.1, 0.15) is 48.9 Å². The van der Waals surface area contributed by atoms with Gasteiger partial charge in [-0.15, -0.1) is 0 Å². The number of pyridine rings is 1. The lowest BCUT2D eigenvalue weighted by Gasteiger charge is -2.28. The van der Waals surface area contributed by atoms with Gasteiger partial charge in [0.1, 0.15) is 0 Å². The van der Waals surface area contributed by atoms with Crippen molar-refractivity contribution in [1.29, 1.82) is 0 Å². The number of nitrogens with zero attached hydrogens (tertiary/aromatic N) is 1. The second-order valence-corrected chi connectivity index (χ2v) is 8.73. The first kappa shape index (κ1) is 20.5. The molecule has 2 aliphatic carbocycles. The molecule has 2 saturated carbocycles. The van der Waals surface area contributed by atoms with Crippen molar-refractivity contribution in [2.45, 2.75) is 50.7 Å². The van der Waals surface area contributed by atoms with Gasteiger partial charge in [0.15, 0.2) is 0 Å². The molecule has 5 nitrogen and oxygen atoms in total. The smallest absolute Gasteiger partial charge is 0.253 e. The van der Waals surface area contributed by atoms with Crippen LogP contribution in [0.2, 0.25) is 10.0 Å². The minimum Gasteiger partial charge on any atom is -0.477 e. The number of hydrogen-bond donors (Lipinski definition) is 2. The number of benzene rings is 1. The van der Waals surface area contributed by atoms with Gasteiger partial charge in [-0.05, 0) is 49.8 Å². The molecule has 0 radical (unpaired) electrons. The lowest BCUT2D eigenvalue weighted by atomic mass is 9.92. The van der Waals surface area contributed by atoms with Crippen LogP contribution in [-0.4, -0.2) is 34.8 Å². The zero-order valence-electron chi connectivity index (χ0n) is 16.0. The van der Waals surface area contributed by atoms with E-state index in [2.05, 4.69) is 10.3 Å². The van der Waals surface area contributed by atoms with E-state index in [1.54, 1.807) is 24.3 Å². The quantitative estimate of drug-likeness (QED) is 0.679. The summed E-state index contributed by atoms with van der Waals surface area (Å²) in [6.45, 7) is 0.602. The molecule has 7 heteroatoms. The summed E-state index contributed by atoms with van der Waals surface area (Å²) in [5.74, 6) is 0.764. The molecule has 29 heavy (non-hydrogen) atoms. The van der Waals surface area contributed by atoms with Crippen molar-refractivity contribution in [3.63, 3.8) is 0 Å². The Kier molecular flexibility index (Phi) is 6.28. The molecule has 1 aromatic carbocycles. The molecule has 2 aliphatic rings. The van der Waals surface area contributed by atoms with Crippen LogP contribution in [0.3, 0.4) is 0 Å². The van der Waals surface area contributed by atoms with Crippen molar-refractivity contribution >= 4 is 29.1 Å². The van der Waals surface area contributed by atoms with Gasteiger partial charge in [-0.25, -0.2) is 4.98 Å².